The summed E-state index contributed by atoms with van der Waals surface area (Å²) in [5.41, 5.74) is -0.344. The number of aromatic nitrogens is 2. The fraction of sp³-hybridized carbons (Fsp3) is 0.389. The Morgan fingerprint density at radius 3 is 2.23 bits per heavy atom. The van der Waals surface area contributed by atoms with Gasteiger partial charge >= 0.3 is 6.18 Å². The van der Waals surface area contributed by atoms with Gasteiger partial charge < -0.3 is 10.2 Å². The molecule has 2 rings (SSSR count). The molecule has 2 aromatic rings. The summed E-state index contributed by atoms with van der Waals surface area (Å²) >= 11 is 0. The Morgan fingerprint density at radius 1 is 1.08 bits per heavy atom. The van der Waals surface area contributed by atoms with Crippen LogP contribution in [0.15, 0.2) is 36.7 Å². The molecule has 140 valence electrons. The van der Waals surface area contributed by atoms with E-state index in [1.54, 1.807) is 6.07 Å². The molecule has 0 aliphatic heterocycles. The van der Waals surface area contributed by atoms with Gasteiger partial charge in [-0.15, -0.1) is 0 Å². The van der Waals surface area contributed by atoms with Gasteiger partial charge in [-0.2, -0.15) is 13.2 Å². The molecule has 5 nitrogen and oxygen atoms in total. The minimum atomic E-state index is -4.41. The maximum Gasteiger partial charge on any atom is 0.416 e. The molecule has 26 heavy (non-hydrogen) atoms. The van der Waals surface area contributed by atoms with Crippen molar-refractivity contribution < 1.29 is 18.0 Å². The van der Waals surface area contributed by atoms with Crippen LogP contribution < -0.4 is 10.2 Å². The maximum absolute atomic E-state index is 12.6. The van der Waals surface area contributed by atoms with Crippen molar-refractivity contribution in [2.75, 3.05) is 23.3 Å². The van der Waals surface area contributed by atoms with Crippen molar-refractivity contribution in [2.24, 2.45) is 0 Å². The van der Waals surface area contributed by atoms with E-state index in [-0.39, 0.29) is 11.4 Å². The summed E-state index contributed by atoms with van der Waals surface area (Å²) in [5.74, 6) is 0.155. The van der Waals surface area contributed by atoms with Crippen LogP contribution in [0.3, 0.4) is 0 Å². The van der Waals surface area contributed by atoms with Gasteiger partial charge in [0.2, 0.25) is 0 Å². The zero-order chi connectivity index (χ0) is 19.2. The van der Waals surface area contributed by atoms with Crippen molar-refractivity contribution in [2.45, 2.75) is 32.9 Å². The smallest absolute Gasteiger partial charge is 0.357 e. The SMILES string of the molecule is CCCN(CCC)c1cc(C(=O)Nc2ccc(C(F)(F)F)cc2)ncn1. The van der Waals surface area contributed by atoms with Gasteiger partial charge in [0.05, 0.1) is 5.56 Å². The summed E-state index contributed by atoms with van der Waals surface area (Å²) < 4.78 is 37.8. The maximum atomic E-state index is 12.6. The molecule has 1 amide bonds. The number of anilines is 2. The average molecular weight is 366 g/mol. The highest BCUT2D eigenvalue weighted by atomic mass is 19.4. The number of amides is 1. The third-order valence-corrected chi connectivity index (χ3v) is 3.67. The number of halogens is 3. The number of rotatable bonds is 7. The van der Waals surface area contributed by atoms with E-state index in [4.69, 9.17) is 0 Å². The Labute approximate surface area is 150 Å². The van der Waals surface area contributed by atoms with Crippen molar-refractivity contribution in [3.8, 4) is 0 Å². The molecule has 1 N–H and O–H groups in total. The number of benzene rings is 1. The number of hydrogen-bond acceptors (Lipinski definition) is 4. The molecule has 0 unspecified atom stereocenters. The Balaban J connectivity index is 2.13. The zero-order valence-corrected chi connectivity index (χ0v) is 14.7. The minimum Gasteiger partial charge on any atom is -0.357 e. The van der Waals surface area contributed by atoms with E-state index in [0.29, 0.717) is 5.82 Å². The van der Waals surface area contributed by atoms with Gasteiger partial charge in [-0.05, 0) is 37.1 Å². The Kier molecular flexibility index (Phi) is 6.54. The van der Waals surface area contributed by atoms with Crippen LogP contribution in [0.2, 0.25) is 0 Å². The summed E-state index contributed by atoms with van der Waals surface area (Å²) in [7, 11) is 0. The number of carbonyl (C=O) groups excluding carboxylic acids is 1. The number of hydrogen-bond donors (Lipinski definition) is 1. The van der Waals surface area contributed by atoms with E-state index in [1.807, 2.05) is 0 Å². The molecular weight excluding hydrogens is 345 g/mol. The Hall–Kier alpha value is -2.64. The van der Waals surface area contributed by atoms with Crippen LogP contribution in [0.1, 0.15) is 42.7 Å². The van der Waals surface area contributed by atoms with E-state index in [2.05, 4.69) is 34.0 Å². The Morgan fingerprint density at radius 2 is 1.69 bits per heavy atom. The molecule has 0 bridgehead atoms. The number of nitrogens with zero attached hydrogens (tertiary/aromatic N) is 3. The van der Waals surface area contributed by atoms with E-state index < -0.39 is 17.6 Å². The third-order valence-electron chi connectivity index (χ3n) is 3.67. The molecule has 0 saturated heterocycles. The molecule has 1 heterocycles. The molecule has 8 heteroatoms. The first-order valence-electron chi connectivity index (χ1n) is 8.40. The minimum absolute atomic E-state index is 0.159. The fourth-order valence-corrected chi connectivity index (χ4v) is 2.46. The summed E-state index contributed by atoms with van der Waals surface area (Å²) in [6.07, 6.45) is -1.21. The molecule has 0 saturated carbocycles. The van der Waals surface area contributed by atoms with Crippen LogP contribution in [-0.2, 0) is 6.18 Å². The summed E-state index contributed by atoms with van der Waals surface area (Å²) in [4.78, 5) is 22.6. The molecule has 0 aliphatic carbocycles. The highest BCUT2D eigenvalue weighted by Crippen LogP contribution is 2.29. The van der Waals surface area contributed by atoms with Gasteiger partial charge in [-0.25, -0.2) is 9.97 Å². The van der Waals surface area contributed by atoms with Crippen LogP contribution in [0.25, 0.3) is 0 Å². The normalized spacial score (nSPS) is 11.3. The van der Waals surface area contributed by atoms with E-state index >= 15 is 0 Å². The van der Waals surface area contributed by atoms with Gasteiger partial charge in [-0.1, -0.05) is 13.8 Å². The number of alkyl halides is 3. The summed E-state index contributed by atoms with van der Waals surface area (Å²) in [5, 5.41) is 2.55. The lowest BCUT2D eigenvalue weighted by Gasteiger charge is -2.22. The van der Waals surface area contributed by atoms with Crippen molar-refractivity contribution in [3.63, 3.8) is 0 Å². The second-order valence-corrected chi connectivity index (χ2v) is 5.78. The molecule has 0 fully saturated rings. The molecule has 0 atom stereocenters. The van der Waals surface area contributed by atoms with Crippen LogP contribution in [0.4, 0.5) is 24.7 Å². The van der Waals surface area contributed by atoms with Crippen LogP contribution in [0, 0.1) is 0 Å². The van der Waals surface area contributed by atoms with Crippen LogP contribution in [0.5, 0.6) is 0 Å². The third kappa shape index (κ3) is 5.18. The van der Waals surface area contributed by atoms with Crippen molar-refractivity contribution >= 4 is 17.4 Å². The van der Waals surface area contributed by atoms with Gasteiger partial charge in [0, 0.05) is 24.8 Å². The topological polar surface area (TPSA) is 58.1 Å². The molecule has 0 aliphatic rings. The number of nitrogens with one attached hydrogen (secondary N) is 1. The lowest BCUT2D eigenvalue weighted by Crippen LogP contribution is -2.26. The molecule has 0 radical (unpaired) electrons. The lowest BCUT2D eigenvalue weighted by molar-refractivity contribution is -0.137. The van der Waals surface area contributed by atoms with Gasteiger partial charge in [0.1, 0.15) is 17.8 Å². The fourth-order valence-electron chi connectivity index (χ4n) is 2.46. The zero-order valence-electron chi connectivity index (χ0n) is 14.7. The van der Waals surface area contributed by atoms with E-state index in [0.717, 1.165) is 38.1 Å². The molecule has 1 aromatic carbocycles. The second kappa shape index (κ2) is 8.64. The summed E-state index contributed by atoms with van der Waals surface area (Å²) in [6.45, 7) is 5.74. The highest BCUT2D eigenvalue weighted by molar-refractivity contribution is 6.03. The van der Waals surface area contributed by atoms with Crippen LogP contribution in [-0.4, -0.2) is 29.0 Å². The molecular formula is C18H21F3N4O. The van der Waals surface area contributed by atoms with Crippen LogP contribution >= 0.6 is 0 Å². The van der Waals surface area contributed by atoms with E-state index in [9.17, 15) is 18.0 Å². The first-order valence-corrected chi connectivity index (χ1v) is 8.40. The van der Waals surface area contributed by atoms with Gasteiger partial charge in [0.15, 0.2) is 0 Å². The predicted octanol–water partition coefficient (Wildman–Crippen LogP) is 4.37. The standard InChI is InChI=1S/C18H21F3N4O/c1-3-9-25(10-4-2)16-11-15(22-12-23-16)17(26)24-14-7-5-13(6-8-14)18(19,20)21/h5-8,11-12H,3-4,9-10H2,1-2H3,(H,24,26). The molecule has 1 aromatic heterocycles. The summed E-state index contributed by atoms with van der Waals surface area (Å²) in [6, 6.07) is 5.85. The Bertz CT molecular complexity index is 726. The predicted molar refractivity (Wildman–Crippen MR) is 94.2 cm³/mol. The van der Waals surface area contributed by atoms with Gasteiger partial charge in [0.25, 0.3) is 5.91 Å². The first-order chi connectivity index (χ1) is 12.3. The largest absolute Gasteiger partial charge is 0.416 e. The van der Waals surface area contributed by atoms with Gasteiger partial charge in [-0.3, -0.25) is 4.79 Å². The quantitative estimate of drug-likeness (QED) is 0.790. The molecule has 0 spiro atoms. The monoisotopic (exact) mass is 366 g/mol. The first kappa shape index (κ1) is 19.7. The second-order valence-electron chi connectivity index (χ2n) is 5.78. The highest BCUT2D eigenvalue weighted by Gasteiger charge is 2.30. The average Bonchev–Trinajstić information content (AvgIpc) is 2.61. The van der Waals surface area contributed by atoms with Crippen molar-refractivity contribution in [3.05, 3.63) is 47.9 Å². The van der Waals surface area contributed by atoms with E-state index in [1.165, 1.54) is 18.5 Å². The lowest BCUT2D eigenvalue weighted by atomic mass is 10.2. The number of carbonyl (C=O) groups is 1. The van der Waals surface area contributed by atoms with Crippen molar-refractivity contribution in [1.29, 1.82) is 0 Å². The van der Waals surface area contributed by atoms with Crippen molar-refractivity contribution in [1.82, 2.24) is 9.97 Å².